The average Bonchev–Trinajstić information content (AvgIpc) is 3.19. The van der Waals surface area contributed by atoms with Crippen molar-refractivity contribution in [3.8, 4) is 11.3 Å². The minimum atomic E-state index is -0.597. The minimum Gasteiger partial charge on any atom is -0.451 e. The van der Waals surface area contributed by atoms with Crippen molar-refractivity contribution < 1.29 is 14.0 Å². The fraction of sp³-hybridized carbons (Fsp3) is 0. The zero-order valence-corrected chi connectivity index (χ0v) is 16.4. The van der Waals surface area contributed by atoms with Crippen LogP contribution >= 0.6 is 35.4 Å². The molecule has 0 aliphatic rings. The third-order valence-corrected chi connectivity index (χ3v) is 4.53. The van der Waals surface area contributed by atoms with Crippen molar-refractivity contribution in [3.63, 3.8) is 0 Å². The highest BCUT2D eigenvalue weighted by Crippen LogP contribution is 2.34. The van der Waals surface area contributed by atoms with Crippen LogP contribution in [0.5, 0.6) is 0 Å². The normalized spacial score (nSPS) is 10.2. The number of carbonyl (C=O) groups excluding carboxylic acids is 2. The van der Waals surface area contributed by atoms with E-state index in [4.69, 9.17) is 39.8 Å². The number of hydrogen-bond acceptors (Lipinski definition) is 5. The van der Waals surface area contributed by atoms with Gasteiger partial charge >= 0.3 is 0 Å². The van der Waals surface area contributed by atoms with Crippen molar-refractivity contribution >= 4 is 52.3 Å². The SMILES string of the molecule is O=C(NNC(=S)NC(=O)c1ccc(-c2cccc(Cl)c2Cl)o1)c1ccncc1. The summed E-state index contributed by atoms with van der Waals surface area (Å²) in [4.78, 5) is 28.0. The van der Waals surface area contributed by atoms with Gasteiger partial charge in [0.1, 0.15) is 5.76 Å². The van der Waals surface area contributed by atoms with Crippen LogP contribution in [0, 0.1) is 0 Å². The van der Waals surface area contributed by atoms with Gasteiger partial charge in [0.05, 0.1) is 10.0 Å². The summed E-state index contributed by atoms with van der Waals surface area (Å²) in [6.45, 7) is 0. The Balaban J connectivity index is 1.59. The van der Waals surface area contributed by atoms with Crippen molar-refractivity contribution in [2.24, 2.45) is 0 Å². The second-order valence-corrected chi connectivity index (χ2v) is 6.56. The average molecular weight is 435 g/mol. The molecule has 0 spiro atoms. The number of furan rings is 1. The van der Waals surface area contributed by atoms with Gasteiger partial charge in [-0.3, -0.25) is 30.7 Å². The first-order valence-corrected chi connectivity index (χ1v) is 8.98. The zero-order chi connectivity index (χ0) is 20.1. The fourth-order valence-electron chi connectivity index (χ4n) is 2.18. The third kappa shape index (κ3) is 4.66. The number of nitrogens with one attached hydrogen (secondary N) is 3. The largest absolute Gasteiger partial charge is 0.451 e. The van der Waals surface area contributed by atoms with Crippen LogP contribution in [0.2, 0.25) is 10.0 Å². The molecule has 1 aromatic carbocycles. The first-order chi connectivity index (χ1) is 13.5. The monoisotopic (exact) mass is 434 g/mol. The highest BCUT2D eigenvalue weighted by Gasteiger charge is 2.16. The topological polar surface area (TPSA) is 96.3 Å². The Labute approximate surface area is 175 Å². The van der Waals surface area contributed by atoms with E-state index in [0.29, 0.717) is 26.9 Å². The van der Waals surface area contributed by atoms with Crippen LogP contribution in [-0.2, 0) is 0 Å². The van der Waals surface area contributed by atoms with E-state index in [1.165, 1.54) is 30.6 Å². The van der Waals surface area contributed by atoms with Gasteiger partial charge in [0.2, 0.25) is 0 Å². The van der Waals surface area contributed by atoms with Crippen LogP contribution < -0.4 is 16.2 Å². The van der Waals surface area contributed by atoms with Crippen molar-refractivity contribution in [3.05, 3.63) is 76.2 Å². The Morgan fingerprint density at radius 3 is 2.46 bits per heavy atom. The first kappa shape index (κ1) is 19.8. The number of hydrazine groups is 1. The molecule has 10 heteroatoms. The van der Waals surface area contributed by atoms with Gasteiger partial charge in [0.15, 0.2) is 10.9 Å². The highest BCUT2D eigenvalue weighted by atomic mass is 35.5. The summed E-state index contributed by atoms with van der Waals surface area (Å²) < 4.78 is 5.53. The molecule has 0 bridgehead atoms. The Morgan fingerprint density at radius 1 is 0.964 bits per heavy atom. The number of nitrogens with zero attached hydrogens (tertiary/aromatic N) is 1. The lowest BCUT2D eigenvalue weighted by atomic mass is 10.2. The van der Waals surface area contributed by atoms with Gasteiger partial charge in [-0.15, -0.1) is 0 Å². The summed E-state index contributed by atoms with van der Waals surface area (Å²) in [6.07, 6.45) is 2.96. The van der Waals surface area contributed by atoms with Gasteiger partial charge in [-0.05, 0) is 48.6 Å². The van der Waals surface area contributed by atoms with Crippen LogP contribution in [0.15, 0.2) is 59.3 Å². The molecule has 3 aromatic rings. The molecule has 2 aromatic heterocycles. The van der Waals surface area contributed by atoms with Gasteiger partial charge in [-0.25, -0.2) is 0 Å². The van der Waals surface area contributed by atoms with Crippen molar-refractivity contribution in [1.29, 1.82) is 0 Å². The molecular weight excluding hydrogens is 423 g/mol. The minimum absolute atomic E-state index is 0.00986. The number of thiocarbonyl (C=S) groups is 1. The molecule has 0 saturated heterocycles. The summed E-state index contributed by atoms with van der Waals surface area (Å²) in [5.74, 6) is -0.645. The van der Waals surface area contributed by atoms with E-state index in [0.717, 1.165) is 0 Å². The smallest absolute Gasteiger partial charge is 0.293 e. The molecule has 2 heterocycles. The van der Waals surface area contributed by atoms with E-state index in [9.17, 15) is 9.59 Å². The summed E-state index contributed by atoms with van der Waals surface area (Å²) in [6, 6.07) is 11.2. The number of halogens is 2. The maximum Gasteiger partial charge on any atom is 0.293 e. The van der Waals surface area contributed by atoms with Crippen molar-refractivity contribution in [2.75, 3.05) is 0 Å². The molecule has 0 atom stereocenters. The molecule has 28 heavy (non-hydrogen) atoms. The van der Waals surface area contributed by atoms with Crippen LogP contribution in [0.3, 0.4) is 0 Å². The summed E-state index contributed by atoms with van der Waals surface area (Å²) in [5, 5.41) is 2.98. The van der Waals surface area contributed by atoms with Gasteiger partial charge < -0.3 is 4.42 Å². The van der Waals surface area contributed by atoms with E-state index in [-0.39, 0.29) is 10.9 Å². The van der Waals surface area contributed by atoms with Crippen molar-refractivity contribution in [2.45, 2.75) is 0 Å². The van der Waals surface area contributed by atoms with Crippen LogP contribution in [-0.4, -0.2) is 21.9 Å². The molecule has 0 fully saturated rings. The van der Waals surface area contributed by atoms with E-state index >= 15 is 0 Å². The molecule has 0 saturated carbocycles. The number of aromatic nitrogens is 1. The Hall–Kier alpha value is -2.94. The molecule has 0 unspecified atom stereocenters. The predicted molar refractivity (Wildman–Crippen MR) is 109 cm³/mol. The standard InChI is InChI=1S/C18H12Cl2N4O3S/c19-12-3-1-2-11(15(12)20)13-4-5-14(27-13)17(26)22-18(28)24-23-16(25)10-6-8-21-9-7-10/h1-9H,(H,23,25)(H2,22,24,26,28). The van der Waals surface area contributed by atoms with Crippen LogP contribution in [0.1, 0.15) is 20.9 Å². The van der Waals surface area contributed by atoms with Gasteiger partial charge in [0.25, 0.3) is 11.8 Å². The number of hydrogen-bond donors (Lipinski definition) is 3. The molecule has 0 radical (unpaired) electrons. The quantitative estimate of drug-likeness (QED) is 0.430. The molecule has 142 valence electrons. The summed E-state index contributed by atoms with van der Waals surface area (Å²) in [5.41, 5.74) is 5.74. The summed E-state index contributed by atoms with van der Waals surface area (Å²) in [7, 11) is 0. The molecule has 7 nitrogen and oxygen atoms in total. The molecule has 3 rings (SSSR count). The van der Waals surface area contributed by atoms with E-state index in [2.05, 4.69) is 21.2 Å². The Morgan fingerprint density at radius 2 is 1.71 bits per heavy atom. The van der Waals surface area contributed by atoms with E-state index in [1.54, 1.807) is 24.3 Å². The molecule has 0 aliphatic heterocycles. The van der Waals surface area contributed by atoms with Gasteiger partial charge in [-0.2, -0.15) is 0 Å². The molecule has 2 amide bonds. The lowest BCUT2D eigenvalue weighted by molar-refractivity contribution is 0.0927. The number of pyridine rings is 1. The highest BCUT2D eigenvalue weighted by molar-refractivity contribution is 7.80. The molecular formula is C18H12Cl2N4O3S. The fourth-order valence-corrected chi connectivity index (χ4v) is 2.72. The van der Waals surface area contributed by atoms with Gasteiger partial charge in [0, 0.05) is 23.5 Å². The second-order valence-electron chi connectivity index (χ2n) is 5.36. The Kier molecular flexibility index (Phi) is 6.25. The lowest BCUT2D eigenvalue weighted by Gasteiger charge is -2.09. The van der Waals surface area contributed by atoms with Crippen LogP contribution in [0.25, 0.3) is 11.3 Å². The number of benzene rings is 1. The first-order valence-electron chi connectivity index (χ1n) is 7.81. The molecule has 3 N–H and O–H groups in total. The van der Waals surface area contributed by atoms with E-state index < -0.39 is 11.8 Å². The third-order valence-electron chi connectivity index (χ3n) is 3.51. The van der Waals surface area contributed by atoms with Gasteiger partial charge in [-0.1, -0.05) is 29.3 Å². The summed E-state index contributed by atoms with van der Waals surface area (Å²) >= 11 is 17.1. The predicted octanol–water partition coefficient (Wildman–Crippen LogP) is 3.60. The maximum absolute atomic E-state index is 12.3. The number of carbonyl (C=O) groups is 2. The number of amides is 2. The molecule has 0 aliphatic carbocycles. The lowest BCUT2D eigenvalue weighted by Crippen LogP contribution is -2.48. The van der Waals surface area contributed by atoms with Crippen LogP contribution in [0.4, 0.5) is 0 Å². The Bertz CT molecular complexity index is 1040. The van der Waals surface area contributed by atoms with E-state index in [1.807, 2.05) is 0 Å². The second kappa shape index (κ2) is 8.83. The van der Waals surface area contributed by atoms with Crippen molar-refractivity contribution in [1.82, 2.24) is 21.2 Å². The zero-order valence-electron chi connectivity index (χ0n) is 14.0. The maximum atomic E-state index is 12.3. The number of rotatable bonds is 3.